The Balaban J connectivity index is 2.22. The lowest BCUT2D eigenvalue weighted by Gasteiger charge is -2.26. The monoisotopic (exact) mass is 464 g/mol. The van der Waals surface area contributed by atoms with E-state index in [-0.39, 0.29) is 42.3 Å². The number of ether oxygens (including phenoxy) is 1. The summed E-state index contributed by atoms with van der Waals surface area (Å²) in [6.07, 6.45) is 2.04. The maximum Gasteiger partial charge on any atom is 0.378 e. The fraction of sp³-hybridized carbons (Fsp3) is 0.429. The molecular formula is C21H28N4O6S. The number of carbonyl (C=O) groups is 1. The minimum absolute atomic E-state index is 0.0619. The van der Waals surface area contributed by atoms with Crippen LogP contribution < -0.4 is 15.6 Å². The van der Waals surface area contributed by atoms with E-state index in [4.69, 9.17) is 4.74 Å². The number of nitrogens with zero attached hydrogens (tertiary/aromatic N) is 2. The third-order valence-electron chi connectivity index (χ3n) is 4.73. The summed E-state index contributed by atoms with van der Waals surface area (Å²) in [7, 11) is -2.30. The zero-order valence-electron chi connectivity index (χ0n) is 18.3. The number of carbonyl (C=O) groups excluding carboxylic acids is 1. The van der Waals surface area contributed by atoms with Crippen molar-refractivity contribution in [1.29, 1.82) is 0 Å². The molecule has 11 heteroatoms. The largest absolute Gasteiger partial charge is 0.497 e. The van der Waals surface area contributed by atoms with Crippen LogP contribution in [0.25, 0.3) is 0 Å². The molecule has 0 saturated heterocycles. The molecule has 1 aromatic carbocycles. The summed E-state index contributed by atoms with van der Waals surface area (Å²) in [4.78, 5) is 36.1. The Labute approximate surface area is 187 Å². The molecule has 2 N–H and O–H groups in total. The van der Waals surface area contributed by atoms with Gasteiger partial charge in [-0.05, 0) is 48.6 Å². The number of pyridine rings is 1. The molecule has 0 spiro atoms. The normalized spacial score (nSPS) is 12.5. The van der Waals surface area contributed by atoms with Gasteiger partial charge >= 0.3 is 6.03 Å². The van der Waals surface area contributed by atoms with Crippen LogP contribution in [0.15, 0.2) is 57.5 Å². The molecule has 0 saturated carbocycles. The van der Waals surface area contributed by atoms with Crippen molar-refractivity contribution in [3.63, 3.8) is 0 Å². The standard InChI is InChI=1S/C21H28N4O6S/c1-15(2)14-25(32(29,30)19-7-5-18(31-3)6-8-19)11-10-17(23-21(27)24-28)12-16-4-9-20(26)22-13-16/h4-9,13,15,17H,10-12,14H2,1-3H3,(H,22,26)(H,23,27)/t17-/m1/s1. The van der Waals surface area contributed by atoms with Gasteiger partial charge in [-0.2, -0.15) is 4.31 Å². The molecule has 0 bridgehead atoms. The maximum atomic E-state index is 13.2. The number of H-pyrrole nitrogens is 1. The summed E-state index contributed by atoms with van der Waals surface area (Å²) in [5.74, 6) is 0.608. The summed E-state index contributed by atoms with van der Waals surface area (Å²) in [5, 5.41) is 4.87. The van der Waals surface area contributed by atoms with Crippen LogP contribution in [0.1, 0.15) is 25.8 Å². The van der Waals surface area contributed by atoms with E-state index in [2.05, 4.69) is 15.5 Å². The number of benzene rings is 1. The second-order valence-corrected chi connectivity index (χ2v) is 9.66. The molecule has 32 heavy (non-hydrogen) atoms. The van der Waals surface area contributed by atoms with Crippen molar-refractivity contribution in [2.24, 2.45) is 11.1 Å². The molecule has 174 valence electrons. The van der Waals surface area contributed by atoms with E-state index >= 15 is 0 Å². The van der Waals surface area contributed by atoms with Crippen molar-refractivity contribution in [3.05, 3.63) is 63.4 Å². The lowest BCUT2D eigenvalue weighted by atomic mass is 10.0. The predicted octanol–water partition coefficient (Wildman–Crippen LogP) is 2.51. The Kier molecular flexibility index (Phi) is 9.09. The van der Waals surface area contributed by atoms with Crippen LogP contribution in [0.3, 0.4) is 0 Å². The van der Waals surface area contributed by atoms with E-state index in [1.54, 1.807) is 18.2 Å². The van der Waals surface area contributed by atoms with Crippen LogP contribution in [-0.2, 0) is 16.4 Å². The van der Waals surface area contributed by atoms with Crippen molar-refractivity contribution < 1.29 is 17.9 Å². The first kappa shape index (κ1) is 25.2. The van der Waals surface area contributed by atoms with E-state index in [9.17, 15) is 22.9 Å². The number of hydrogen-bond acceptors (Lipinski definition) is 6. The molecule has 2 amide bonds. The van der Waals surface area contributed by atoms with Crippen molar-refractivity contribution in [2.75, 3.05) is 20.2 Å². The van der Waals surface area contributed by atoms with Crippen LogP contribution in [0, 0.1) is 10.8 Å². The summed E-state index contributed by atoms with van der Waals surface area (Å²) in [6, 6.07) is 7.48. The molecule has 0 fully saturated rings. The van der Waals surface area contributed by atoms with E-state index in [1.807, 2.05) is 13.8 Å². The highest BCUT2D eigenvalue weighted by atomic mass is 32.2. The average Bonchev–Trinajstić information content (AvgIpc) is 2.77. The quantitative estimate of drug-likeness (QED) is 0.490. The number of aromatic amines is 1. The maximum absolute atomic E-state index is 13.2. The Bertz CT molecular complexity index is 1050. The molecule has 0 aliphatic rings. The zero-order valence-corrected chi connectivity index (χ0v) is 19.1. The van der Waals surface area contributed by atoms with Gasteiger partial charge in [0.1, 0.15) is 5.75 Å². The lowest BCUT2D eigenvalue weighted by molar-refractivity contribution is 0.243. The van der Waals surface area contributed by atoms with Crippen LogP contribution in [0.2, 0.25) is 0 Å². The summed E-state index contributed by atoms with van der Waals surface area (Å²) in [5.41, 5.74) is 0.451. The van der Waals surface area contributed by atoms with Crippen molar-refractivity contribution in [3.8, 4) is 5.75 Å². The molecule has 10 nitrogen and oxygen atoms in total. The highest BCUT2D eigenvalue weighted by Gasteiger charge is 2.26. The Morgan fingerprint density at radius 3 is 2.41 bits per heavy atom. The number of amides is 2. The predicted molar refractivity (Wildman–Crippen MR) is 120 cm³/mol. The van der Waals surface area contributed by atoms with Crippen LogP contribution in [0.5, 0.6) is 5.75 Å². The third-order valence-corrected chi connectivity index (χ3v) is 6.61. The van der Waals surface area contributed by atoms with Gasteiger partial charge in [-0.3, -0.25) is 4.79 Å². The number of hydrogen-bond donors (Lipinski definition) is 2. The molecule has 1 aromatic heterocycles. The van der Waals surface area contributed by atoms with Gasteiger partial charge in [0.15, 0.2) is 0 Å². The first-order chi connectivity index (χ1) is 15.1. The third kappa shape index (κ3) is 7.27. The van der Waals surface area contributed by atoms with Gasteiger partial charge in [0.2, 0.25) is 15.6 Å². The number of nitroso groups, excluding NO2 is 1. The van der Waals surface area contributed by atoms with E-state index < -0.39 is 22.1 Å². The molecule has 1 atom stereocenters. The lowest BCUT2D eigenvalue weighted by Crippen LogP contribution is -2.41. The average molecular weight is 465 g/mol. The van der Waals surface area contributed by atoms with E-state index in [0.717, 1.165) is 0 Å². The van der Waals surface area contributed by atoms with Crippen LogP contribution in [0.4, 0.5) is 4.79 Å². The molecule has 0 aliphatic carbocycles. The van der Waals surface area contributed by atoms with Crippen molar-refractivity contribution >= 4 is 16.1 Å². The number of methoxy groups -OCH3 is 1. The van der Waals surface area contributed by atoms with Gasteiger partial charge in [-0.1, -0.05) is 19.9 Å². The van der Waals surface area contributed by atoms with Gasteiger partial charge in [-0.25, -0.2) is 13.2 Å². The van der Waals surface area contributed by atoms with Gasteiger partial charge in [0, 0.05) is 36.6 Å². The topological polar surface area (TPSA) is 138 Å². The molecule has 1 heterocycles. The zero-order chi connectivity index (χ0) is 23.7. The van der Waals surface area contributed by atoms with Crippen molar-refractivity contribution in [2.45, 2.75) is 37.6 Å². The van der Waals surface area contributed by atoms with Gasteiger partial charge in [-0.15, -0.1) is 4.91 Å². The Morgan fingerprint density at radius 1 is 1.19 bits per heavy atom. The van der Waals surface area contributed by atoms with Crippen LogP contribution >= 0.6 is 0 Å². The number of sulfonamides is 1. The van der Waals surface area contributed by atoms with Crippen LogP contribution in [-0.4, -0.2) is 50.0 Å². The molecule has 2 aromatic rings. The van der Waals surface area contributed by atoms with E-state index in [0.29, 0.717) is 11.3 Å². The van der Waals surface area contributed by atoms with Crippen molar-refractivity contribution in [1.82, 2.24) is 14.6 Å². The summed E-state index contributed by atoms with van der Waals surface area (Å²) >= 11 is 0. The minimum atomic E-state index is -3.80. The fourth-order valence-electron chi connectivity index (χ4n) is 3.19. The number of urea groups is 1. The van der Waals surface area contributed by atoms with Gasteiger partial charge in [0.25, 0.3) is 0 Å². The molecule has 2 rings (SSSR count). The fourth-order valence-corrected chi connectivity index (χ4v) is 4.81. The second kappa shape index (κ2) is 11.5. The molecule has 0 aliphatic heterocycles. The summed E-state index contributed by atoms with van der Waals surface area (Å²) in [6.45, 7) is 4.21. The SMILES string of the molecule is COc1ccc(S(=O)(=O)N(CC[C@H](Cc2ccc(=O)[nH]c2)NC(=O)N=O)CC(C)C)cc1. The summed E-state index contributed by atoms with van der Waals surface area (Å²) < 4.78 is 32.9. The number of rotatable bonds is 11. The van der Waals surface area contributed by atoms with Gasteiger partial charge < -0.3 is 15.0 Å². The smallest absolute Gasteiger partial charge is 0.378 e. The number of aromatic nitrogens is 1. The minimum Gasteiger partial charge on any atom is -0.497 e. The highest BCUT2D eigenvalue weighted by Crippen LogP contribution is 2.21. The first-order valence-electron chi connectivity index (χ1n) is 10.1. The number of nitrogens with one attached hydrogen (secondary N) is 2. The molecular weight excluding hydrogens is 436 g/mol. The Morgan fingerprint density at radius 2 is 1.88 bits per heavy atom. The van der Waals surface area contributed by atoms with Gasteiger partial charge in [0.05, 0.1) is 12.0 Å². The highest BCUT2D eigenvalue weighted by molar-refractivity contribution is 7.89. The first-order valence-corrected chi connectivity index (χ1v) is 11.6. The Hall–Kier alpha value is -3.05. The molecule has 0 unspecified atom stereocenters. The second-order valence-electron chi connectivity index (χ2n) is 7.72. The van der Waals surface area contributed by atoms with E-state index in [1.165, 1.54) is 35.8 Å². The molecule has 0 radical (unpaired) electrons.